The molecular weight excluding hydrogens is 511 g/mol. The Hall–Kier alpha value is -4.64. The molecule has 0 aliphatic carbocycles. The minimum Gasteiger partial charge on any atom is -0.467 e. The molecule has 5 rings (SSSR count). The fourth-order valence-electron chi connectivity index (χ4n) is 3.99. The second-order valence-corrected chi connectivity index (χ2v) is 9.40. The molecule has 1 aliphatic rings. The highest BCUT2D eigenvalue weighted by Crippen LogP contribution is 2.34. The summed E-state index contributed by atoms with van der Waals surface area (Å²) in [5.41, 5.74) is 1.78. The first kappa shape index (κ1) is 25.0. The van der Waals surface area contributed by atoms with E-state index in [0.29, 0.717) is 17.0 Å². The van der Waals surface area contributed by atoms with Gasteiger partial charge in [-0.3, -0.25) is 24.1 Å². The summed E-state index contributed by atoms with van der Waals surface area (Å²) in [6.07, 6.45) is 4.86. The van der Waals surface area contributed by atoms with Crippen molar-refractivity contribution in [2.75, 3.05) is 11.9 Å². The molecule has 9 nitrogen and oxygen atoms in total. The quantitative estimate of drug-likeness (QED) is 0.326. The van der Waals surface area contributed by atoms with E-state index in [1.165, 1.54) is 30.5 Å². The Bertz CT molecular complexity index is 1560. The highest BCUT2D eigenvalue weighted by molar-refractivity contribution is 8.18. The van der Waals surface area contributed by atoms with Gasteiger partial charge in [0.15, 0.2) is 0 Å². The Kier molecular flexibility index (Phi) is 7.09. The number of nitrogens with zero attached hydrogens (tertiary/aromatic N) is 2. The molecule has 0 radical (unpaired) electrons. The maximum absolute atomic E-state index is 13.1. The number of anilines is 1. The van der Waals surface area contributed by atoms with Gasteiger partial charge in [0.1, 0.15) is 24.7 Å². The maximum Gasteiger partial charge on any atom is 0.294 e. The molecule has 1 aliphatic heterocycles. The van der Waals surface area contributed by atoms with E-state index in [2.05, 4.69) is 10.6 Å². The number of nitrogens with one attached hydrogen (secondary N) is 2. The normalized spacial score (nSPS) is 14.4. The molecule has 2 aromatic carbocycles. The van der Waals surface area contributed by atoms with Crippen LogP contribution in [-0.4, -0.2) is 39.0 Å². The summed E-state index contributed by atoms with van der Waals surface area (Å²) < 4.78 is 20.1. The Labute approximate surface area is 220 Å². The van der Waals surface area contributed by atoms with Gasteiger partial charge in [-0.1, -0.05) is 18.2 Å². The highest BCUT2D eigenvalue weighted by atomic mass is 32.2. The van der Waals surface area contributed by atoms with E-state index in [9.17, 15) is 23.6 Å². The molecule has 38 heavy (non-hydrogen) atoms. The first-order chi connectivity index (χ1) is 18.4. The Morgan fingerprint density at radius 3 is 2.53 bits per heavy atom. The molecule has 11 heteroatoms. The van der Waals surface area contributed by atoms with Crippen LogP contribution in [0.4, 0.5) is 14.9 Å². The zero-order valence-corrected chi connectivity index (χ0v) is 20.7. The molecule has 1 saturated heterocycles. The minimum atomic E-state index is -0.595. The van der Waals surface area contributed by atoms with Gasteiger partial charge in [0.25, 0.3) is 11.1 Å². The molecule has 2 N–H and O–H groups in total. The number of imide groups is 1. The zero-order valence-electron chi connectivity index (χ0n) is 19.8. The van der Waals surface area contributed by atoms with Crippen molar-refractivity contribution < 1.29 is 28.0 Å². The summed E-state index contributed by atoms with van der Waals surface area (Å²) in [6.45, 7) is -0.170. The van der Waals surface area contributed by atoms with Crippen LogP contribution in [0.3, 0.4) is 0 Å². The van der Waals surface area contributed by atoms with Crippen LogP contribution in [0.25, 0.3) is 17.0 Å². The fraction of sp³-hybridized carbons (Fsp3) is 0.111. The van der Waals surface area contributed by atoms with Gasteiger partial charge in [-0.15, -0.1) is 0 Å². The third-order valence-corrected chi connectivity index (χ3v) is 6.67. The molecular formula is C27H21FN4O5S. The van der Waals surface area contributed by atoms with E-state index in [1.54, 1.807) is 29.0 Å². The number of carbonyl (C=O) groups excluding carboxylic acids is 4. The number of amides is 4. The lowest BCUT2D eigenvalue weighted by molar-refractivity contribution is -0.127. The van der Waals surface area contributed by atoms with Crippen molar-refractivity contribution in [3.05, 3.63) is 95.2 Å². The number of hydrogen-bond donors (Lipinski definition) is 2. The molecule has 192 valence electrons. The summed E-state index contributed by atoms with van der Waals surface area (Å²) in [7, 11) is 0. The molecule has 0 atom stereocenters. The SMILES string of the molecule is O=C(Cn1cc(/C=C2\SC(=O)N(CC(=O)Nc3ccc(F)cc3)C2=O)c2ccccc21)NCc1ccco1. The molecule has 3 heterocycles. The van der Waals surface area contributed by atoms with Crippen molar-refractivity contribution in [1.82, 2.24) is 14.8 Å². The summed E-state index contributed by atoms with van der Waals surface area (Å²) in [4.78, 5) is 51.5. The fourth-order valence-corrected chi connectivity index (χ4v) is 4.81. The van der Waals surface area contributed by atoms with Crippen LogP contribution in [-0.2, 0) is 27.5 Å². The number of halogens is 1. The van der Waals surface area contributed by atoms with Crippen molar-refractivity contribution in [1.29, 1.82) is 0 Å². The van der Waals surface area contributed by atoms with E-state index in [4.69, 9.17) is 4.42 Å². The lowest BCUT2D eigenvalue weighted by Crippen LogP contribution is -2.36. The topological polar surface area (TPSA) is 114 Å². The number of para-hydroxylation sites is 1. The molecule has 4 aromatic rings. The second kappa shape index (κ2) is 10.8. The van der Waals surface area contributed by atoms with Crippen molar-refractivity contribution in [2.45, 2.75) is 13.1 Å². The van der Waals surface area contributed by atoms with E-state index >= 15 is 0 Å². The van der Waals surface area contributed by atoms with Gasteiger partial charge in [-0.05, 0) is 60.3 Å². The molecule has 0 unspecified atom stereocenters. The average molecular weight is 533 g/mol. The monoisotopic (exact) mass is 532 g/mol. The molecule has 0 bridgehead atoms. The Balaban J connectivity index is 1.30. The number of benzene rings is 2. The minimum absolute atomic E-state index is 0.0418. The summed E-state index contributed by atoms with van der Waals surface area (Å²) in [5, 5.41) is 5.57. The van der Waals surface area contributed by atoms with Crippen LogP contribution in [0.2, 0.25) is 0 Å². The summed E-state index contributed by atoms with van der Waals surface area (Å²) >= 11 is 0.735. The number of furan rings is 1. The van der Waals surface area contributed by atoms with Gasteiger partial charge in [0, 0.05) is 28.4 Å². The smallest absolute Gasteiger partial charge is 0.294 e. The lowest BCUT2D eigenvalue weighted by atomic mass is 10.1. The Morgan fingerprint density at radius 1 is 0.974 bits per heavy atom. The number of hydrogen-bond acceptors (Lipinski definition) is 6. The van der Waals surface area contributed by atoms with E-state index in [0.717, 1.165) is 27.6 Å². The average Bonchev–Trinajstić information content (AvgIpc) is 3.61. The van der Waals surface area contributed by atoms with Crippen molar-refractivity contribution >= 4 is 57.4 Å². The highest BCUT2D eigenvalue weighted by Gasteiger charge is 2.36. The van der Waals surface area contributed by atoms with Gasteiger partial charge < -0.3 is 19.6 Å². The first-order valence-electron chi connectivity index (χ1n) is 11.5. The van der Waals surface area contributed by atoms with Crippen molar-refractivity contribution in [2.24, 2.45) is 0 Å². The van der Waals surface area contributed by atoms with Crippen LogP contribution in [0.1, 0.15) is 11.3 Å². The van der Waals surface area contributed by atoms with E-state index in [-0.39, 0.29) is 23.9 Å². The van der Waals surface area contributed by atoms with Crippen molar-refractivity contribution in [3.63, 3.8) is 0 Å². The van der Waals surface area contributed by atoms with Crippen LogP contribution in [0.5, 0.6) is 0 Å². The van der Waals surface area contributed by atoms with Gasteiger partial charge >= 0.3 is 0 Å². The van der Waals surface area contributed by atoms with Crippen LogP contribution in [0.15, 0.2) is 82.4 Å². The van der Waals surface area contributed by atoms with Crippen molar-refractivity contribution in [3.8, 4) is 0 Å². The predicted octanol–water partition coefficient (Wildman–Crippen LogP) is 4.36. The first-order valence-corrected chi connectivity index (χ1v) is 12.4. The number of fused-ring (bicyclic) bond motifs is 1. The molecule has 1 fully saturated rings. The lowest BCUT2D eigenvalue weighted by Gasteiger charge is -2.12. The number of carbonyl (C=O) groups is 4. The van der Waals surface area contributed by atoms with E-state index < -0.39 is 29.4 Å². The van der Waals surface area contributed by atoms with E-state index in [1.807, 2.05) is 24.3 Å². The maximum atomic E-state index is 13.1. The third-order valence-electron chi connectivity index (χ3n) is 5.76. The molecule has 0 saturated carbocycles. The standard InChI is InChI=1S/C27H21FN4O5S/c28-18-7-9-19(10-8-18)30-25(34)16-32-26(35)23(38-27(32)36)12-17-14-31(22-6-2-1-5-21(17)22)15-24(33)29-13-20-4-3-11-37-20/h1-12,14H,13,15-16H2,(H,29,33)(H,30,34)/b23-12-. The number of thioether (sulfide) groups is 1. The summed E-state index contributed by atoms with van der Waals surface area (Å²) in [5.74, 6) is -1.21. The van der Waals surface area contributed by atoms with Gasteiger partial charge in [-0.2, -0.15) is 0 Å². The molecule has 0 spiro atoms. The van der Waals surface area contributed by atoms with Crippen LogP contribution in [0, 0.1) is 5.82 Å². The van der Waals surface area contributed by atoms with Crippen LogP contribution < -0.4 is 10.6 Å². The van der Waals surface area contributed by atoms with Gasteiger partial charge in [0.2, 0.25) is 11.8 Å². The molecule has 2 aromatic heterocycles. The number of aromatic nitrogens is 1. The Morgan fingerprint density at radius 2 is 1.76 bits per heavy atom. The van der Waals surface area contributed by atoms with Gasteiger partial charge in [0.05, 0.1) is 17.7 Å². The third kappa shape index (κ3) is 5.52. The van der Waals surface area contributed by atoms with Crippen LogP contribution >= 0.6 is 11.8 Å². The number of rotatable bonds is 8. The predicted molar refractivity (Wildman–Crippen MR) is 140 cm³/mol. The molecule has 4 amide bonds. The van der Waals surface area contributed by atoms with Gasteiger partial charge in [-0.25, -0.2) is 4.39 Å². The summed E-state index contributed by atoms with van der Waals surface area (Å²) in [6, 6.07) is 16.1. The zero-order chi connectivity index (χ0) is 26.6. The second-order valence-electron chi connectivity index (χ2n) is 8.41. The largest absolute Gasteiger partial charge is 0.467 e.